The van der Waals surface area contributed by atoms with E-state index < -0.39 is 23.7 Å². The van der Waals surface area contributed by atoms with Crippen LogP contribution >= 0.6 is 0 Å². The molecule has 0 amide bonds. The van der Waals surface area contributed by atoms with E-state index in [9.17, 15) is 13.6 Å². The maximum absolute atomic E-state index is 12.6. The first-order valence-corrected chi connectivity index (χ1v) is 3.85. The number of aliphatic hydroxyl groups is 1. The number of aliphatic carboxylic acids is 1. The SMILES string of the molecule is O=C(O)[C@@H](O)Cc1ccc(F)c(F)c1. The lowest BCUT2D eigenvalue weighted by atomic mass is 10.1. The van der Waals surface area contributed by atoms with Crippen molar-refractivity contribution in [2.45, 2.75) is 12.5 Å². The van der Waals surface area contributed by atoms with Crippen molar-refractivity contribution in [1.29, 1.82) is 0 Å². The van der Waals surface area contributed by atoms with Gasteiger partial charge in [0.25, 0.3) is 0 Å². The maximum Gasteiger partial charge on any atom is 0.332 e. The quantitative estimate of drug-likeness (QED) is 0.767. The second kappa shape index (κ2) is 4.15. The van der Waals surface area contributed by atoms with Gasteiger partial charge < -0.3 is 10.2 Å². The topological polar surface area (TPSA) is 57.5 Å². The predicted octanol–water partition coefficient (Wildman–Crippen LogP) is 0.953. The highest BCUT2D eigenvalue weighted by atomic mass is 19.2. The van der Waals surface area contributed by atoms with Crippen molar-refractivity contribution >= 4 is 5.97 Å². The fourth-order valence-corrected chi connectivity index (χ4v) is 0.977. The molecule has 0 saturated heterocycles. The summed E-state index contributed by atoms with van der Waals surface area (Å²) >= 11 is 0. The highest BCUT2D eigenvalue weighted by molar-refractivity contribution is 5.72. The highest BCUT2D eigenvalue weighted by Crippen LogP contribution is 2.10. The normalized spacial score (nSPS) is 12.5. The Kier molecular flexibility index (Phi) is 3.14. The number of hydrogen-bond donors (Lipinski definition) is 2. The summed E-state index contributed by atoms with van der Waals surface area (Å²) in [5.74, 6) is -3.45. The maximum atomic E-state index is 12.6. The molecule has 0 aliphatic rings. The Morgan fingerprint density at radius 2 is 2.00 bits per heavy atom. The van der Waals surface area contributed by atoms with E-state index in [1.165, 1.54) is 6.07 Å². The van der Waals surface area contributed by atoms with Crippen LogP contribution in [-0.2, 0) is 11.2 Å². The summed E-state index contributed by atoms with van der Waals surface area (Å²) in [6, 6.07) is 2.98. The molecule has 0 aromatic heterocycles. The lowest BCUT2D eigenvalue weighted by Crippen LogP contribution is -2.22. The molecular formula is C9H8F2O3. The first kappa shape index (κ1) is 10.6. The number of rotatable bonds is 3. The summed E-state index contributed by atoms with van der Waals surface area (Å²) in [7, 11) is 0. The molecule has 76 valence electrons. The third kappa shape index (κ3) is 2.50. The minimum absolute atomic E-state index is 0.235. The van der Waals surface area contributed by atoms with Gasteiger partial charge in [-0.2, -0.15) is 0 Å². The van der Waals surface area contributed by atoms with Crippen LogP contribution in [0.3, 0.4) is 0 Å². The van der Waals surface area contributed by atoms with E-state index in [1.54, 1.807) is 0 Å². The Labute approximate surface area is 78.6 Å². The molecule has 3 nitrogen and oxygen atoms in total. The van der Waals surface area contributed by atoms with Gasteiger partial charge in [0.15, 0.2) is 17.7 Å². The Hall–Kier alpha value is -1.49. The van der Waals surface area contributed by atoms with Gasteiger partial charge in [-0.1, -0.05) is 6.07 Å². The summed E-state index contributed by atoms with van der Waals surface area (Å²) in [5.41, 5.74) is 0.235. The van der Waals surface area contributed by atoms with E-state index in [4.69, 9.17) is 10.2 Å². The number of carboxylic acids is 1. The van der Waals surface area contributed by atoms with Crippen LogP contribution in [0.25, 0.3) is 0 Å². The van der Waals surface area contributed by atoms with Gasteiger partial charge in [0.1, 0.15) is 0 Å². The number of benzene rings is 1. The van der Waals surface area contributed by atoms with Crippen LogP contribution in [0, 0.1) is 11.6 Å². The van der Waals surface area contributed by atoms with Crippen molar-refractivity contribution in [2.75, 3.05) is 0 Å². The average Bonchev–Trinajstić information content (AvgIpc) is 2.11. The molecule has 1 aromatic rings. The van der Waals surface area contributed by atoms with Crippen molar-refractivity contribution in [1.82, 2.24) is 0 Å². The average molecular weight is 202 g/mol. The summed E-state index contributed by atoms with van der Waals surface area (Å²) in [6.45, 7) is 0. The van der Waals surface area contributed by atoms with Crippen molar-refractivity contribution in [3.05, 3.63) is 35.4 Å². The fraction of sp³-hybridized carbons (Fsp3) is 0.222. The molecule has 0 aliphatic heterocycles. The lowest BCUT2D eigenvalue weighted by molar-refractivity contribution is -0.146. The third-order valence-electron chi connectivity index (χ3n) is 1.70. The second-order valence-corrected chi connectivity index (χ2v) is 2.81. The molecule has 0 heterocycles. The largest absolute Gasteiger partial charge is 0.479 e. The number of aliphatic hydroxyl groups excluding tert-OH is 1. The van der Waals surface area contributed by atoms with Gasteiger partial charge in [0.05, 0.1) is 0 Å². The smallest absolute Gasteiger partial charge is 0.332 e. The third-order valence-corrected chi connectivity index (χ3v) is 1.70. The Bertz CT molecular complexity index is 352. The van der Waals surface area contributed by atoms with Crippen LogP contribution < -0.4 is 0 Å². The molecular weight excluding hydrogens is 194 g/mol. The van der Waals surface area contributed by atoms with Crippen molar-refractivity contribution in [3.63, 3.8) is 0 Å². The molecule has 1 rings (SSSR count). The molecule has 0 radical (unpaired) electrons. The molecule has 1 aromatic carbocycles. The van der Waals surface area contributed by atoms with Crippen LogP contribution in [0.4, 0.5) is 8.78 Å². The number of carboxylic acid groups (broad SMARTS) is 1. The van der Waals surface area contributed by atoms with Crippen LogP contribution in [0.2, 0.25) is 0 Å². The van der Waals surface area contributed by atoms with E-state index in [0.29, 0.717) is 0 Å². The van der Waals surface area contributed by atoms with Gasteiger partial charge in [-0.05, 0) is 17.7 Å². The zero-order valence-corrected chi connectivity index (χ0v) is 7.08. The van der Waals surface area contributed by atoms with Crippen molar-refractivity contribution in [3.8, 4) is 0 Å². The van der Waals surface area contributed by atoms with Gasteiger partial charge in [-0.3, -0.25) is 0 Å². The van der Waals surface area contributed by atoms with E-state index in [2.05, 4.69) is 0 Å². The van der Waals surface area contributed by atoms with Crippen molar-refractivity contribution in [2.24, 2.45) is 0 Å². The van der Waals surface area contributed by atoms with Gasteiger partial charge in [-0.25, -0.2) is 13.6 Å². The van der Waals surface area contributed by atoms with Crippen LogP contribution in [-0.4, -0.2) is 22.3 Å². The molecule has 0 aliphatic carbocycles. The minimum atomic E-state index is -1.60. The Balaban J connectivity index is 2.78. The van der Waals surface area contributed by atoms with E-state index in [-0.39, 0.29) is 12.0 Å². The molecule has 0 saturated carbocycles. The number of carbonyl (C=O) groups is 1. The molecule has 0 bridgehead atoms. The summed E-state index contributed by atoms with van der Waals surface area (Å²) in [6.07, 6.45) is -1.84. The standard InChI is InChI=1S/C9H8F2O3/c10-6-2-1-5(3-7(6)11)4-8(12)9(13)14/h1-3,8,12H,4H2,(H,13,14)/t8-/m0/s1. The molecule has 1 atom stereocenters. The number of halogens is 2. The zero-order valence-electron chi connectivity index (χ0n) is 7.08. The van der Waals surface area contributed by atoms with Crippen LogP contribution in [0.1, 0.15) is 5.56 Å². The van der Waals surface area contributed by atoms with Gasteiger partial charge in [0, 0.05) is 6.42 Å². The molecule has 0 unspecified atom stereocenters. The summed E-state index contributed by atoms with van der Waals surface area (Å²) < 4.78 is 25.1. The minimum Gasteiger partial charge on any atom is -0.479 e. The fourth-order valence-electron chi connectivity index (χ4n) is 0.977. The van der Waals surface area contributed by atoms with Gasteiger partial charge in [0.2, 0.25) is 0 Å². The monoisotopic (exact) mass is 202 g/mol. The van der Waals surface area contributed by atoms with Gasteiger partial charge in [-0.15, -0.1) is 0 Å². The molecule has 5 heteroatoms. The van der Waals surface area contributed by atoms with Crippen LogP contribution in [0.15, 0.2) is 18.2 Å². The second-order valence-electron chi connectivity index (χ2n) is 2.81. The molecule has 0 spiro atoms. The molecule has 2 N–H and O–H groups in total. The molecule has 0 fully saturated rings. The number of hydrogen-bond acceptors (Lipinski definition) is 2. The van der Waals surface area contributed by atoms with E-state index >= 15 is 0 Å². The highest BCUT2D eigenvalue weighted by Gasteiger charge is 2.14. The Morgan fingerprint density at radius 3 is 2.50 bits per heavy atom. The van der Waals surface area contributed by atoms with E-state index in [0.717, 1.165) is 12.1 Å². The summed E-state index contributed by atoms with van der Waals surface area (Å²) in [4.78, 5) is 10.2. The van der Waals surface area contributed by atoms with E-state index in [1.807, 2.05) is 0 Å². The van der Waals surface area contributed by atoms with Gasteiger partial charge >= 0.3 is 5.97 Å². The zero-order chi connectivity index (χ0) is 10.7. The first-order valence-electron chi connectivity index (χ1n) is 3.85. The molecule has 14 heavy (non-hydrogen) atoms. The van der Waals surface area contributed by atoms with Crippen molar-refractivity contribution < 1.29 is 23.8 Å². The first-order chi connectivity index (χ1) is 6.50. The Morgan fingerprint density at radius 1 is 1.36 bits per heavy atom. The summed E-state index contributed by atoms with van der Waals surface area (Å²) in [5, 5.41) is 17.3. The predicted molar refractivity (Wildman–Crippen MR) is 43.7 cm³/mol. The lowest BCUT2D eigenvalue weighted by Gasteiger charge is -2.05. The van der Waals surface area contributed by atoms with Crippen LogP contribution in [0.5, 0.6) is 0 Å².